The van der Waals surface area contributed by atoms with Crippen molar-refractivity contribution in [3.63, 3.8) is 0 Å². The molecular formula is C14H20. The van der Waals surface area contributed by atoms with Crippen LogP contribution in [0.4, 0.5) is 0 Å². The van der Waals surface area contributed by atoms with Crippen LogP contribution in [0.25, 0.3) is 0 Å². The van der Waals surface area contributed by atoms with Gasteiger partial charge in [-0.1, -0.05) is 48.6 Å². The normalized spacial score (nSPS) is 12.6. The third-order valence-electron chi connectivity index (χ3n) is 1.89. The van der Waals surface area contributed by atoms with E-state index in [2.05, 4.69) is 25.8 Å². The number of hydrogen-bond donors (Lipinski definition) is 0. The summed E-state index contributed by atoms with van der Waals surface area (Å²) in [5.41, 5.74) is 5.42. The fourth-order valence-electron chi connectivity index (χ4n) is 1.31. The maximum absolute atomic E-state index is 3.97. The standard InChI is InChI=1S/C14H20/c1-8-13(11(4)5)14(12(6)7)9-10(2)3/h8-9H,2,4,6H2,1,3,5,7H3/b13-8-,14-9-. The Hall–Kier alpha value is -1.30. The monoisotopic (exact) mass is 188 g/mol. The lowest BCUT2D eigenvalue weighted by Gasteiger charge is -2.12. The second kappa shape index (κ2) is 5.43. The summed E-state index contributed by atoms with van der Waals surface area (Å²) in [6, 6.07) is 0. The number of rotatable bonds is 4. The molecule has 0 aromatic rings. The van der Waals surface area contributed by atoms with Crippen molar-refractivity contribution in [1.82, 2.24) is 0 Å². The third kappa shape index (κ3) is 3.61. The van der Waals surface area contributed by atoms with Gasteiger partial charge in [0.05, 0.1) is 0 Å². The van der Waals surface area contributed by atoms with Crippen molar-refractivity contribution in [3.8, 4) is 0 Å². The Labute approximate surface area is 88.0 Å². The van der Waals surface area contributed by atoms with Gasteiger partial charge in [-0.3, -0.25) is 0 Å². The van der Waals surface area contributed by atoms with Crippen LogP contribution in [-0.4, -0.2) is 0 Å². The molecule has 0 aromatic carbocycles. The molecule has 0 nitrogen and oxygen atoms in total. The number of allylic oxidation sites excluding steroid dienone is 7. The minimum absolute atomic E-state index is 1.03. The van der Waals surface area contributed by atoms with Crippen molar-refractivity contribution in [1.29, 1.82) is 0 Å². The van der Waals surface area contributed by atoms with Gasteiger partial charge < -0.3 is 0 Å². The highest BCUT2D eigenvalue weighted by molar-refractivity contribution is 5.54. The molecule has 0 aliphatic carbocycles. The van der Waals surface area contributed by atoms with Gasteiger partial charge in [-0.05, 0) is 38.8 Å². The van der Waals surface area contributed by atoms with Crippen molar-refractivity contribution >= 4 is 0 Å². The van der Waals surface area contributed by atoms with Crippen LogP contribution in [0.1, 0.15) is 27.7 Å². The average molecular weight is 188 g/mol. The van der Waals surface area contributed by atoms with Crippen molar-refractivity contribution in [3.05, 3.63) is 59.8 Å². The molecule has 0 aliphatic heterocycles. The molecule has 0 aromatic heterocycles. The van der Waals surface area contributed by atoms with Crippen LogP contribution < -0.4 is 0 Å². The number of hydrogen-bond acceptors (Lipinski definition) is 0. The Morgan fingerprint density at radius 1 is 0.857 bits per heavy atom. The van der Waals surface area contributed by atoms with Crippen LogP contribution in [0, 0.1) is 0 Å². The zero-order valence-electron chi connectivity index (χ0n) is 9.78. The lowest BCUT2D eigenvalue weighted by Crippen LogP contribution is -1.92. The maximum Gasteiger partial charge on any atom is -0.0159 e. The molecule has 0 heterocycles. The van der Waals surface area contributed by atoms with E-state index in [9.17, 15) is 0 Å². The maximum atomic E-state index is 3.97. The highest BCUT2D eigenvalue weighted by atomic mass is 14.1. The van der Waals surface area contributed by atoms with Gasteiger partial charge in [0.15, 0.2) is 0 Å². The molecule has 0 amide bonds. The summed E-state index contributed by atoms with van der Waals surface area (Å²) in [7, 11) is 0. The lowest BCUT2D eigenvalue weighted by atomic mass is 9.93. The summed E-state index contributed by atoms with van der Waals surface area (Å²) >= 11 is 0. The van der Waals surface area contributed by atoms with Crippen LogP contribution in [0.3, 0.4) is 0 Å². The second-order valence-electron chi connectivity index (χ2n) is 3.67. The van der Waals surface area contributed by atoms with Crippen LogP contribution in [0.15, 0.2) is 59.8 Å². The molecule has 0 unspecified atom stereocenters. The van der Waals surface area contributed by atoms with Crippen LogP contribution in [0.2, 0.25) is 0 Å². The SMILES string of the molecule is C=C(C)/C=C(C(=C)C)\C(=C/C)C(=C)C. The third-order valence-corrected chi connectivity index (χ3v) is 1.89. The van der Waals surface area contributed by atoms with Gasteiger partial charge in [-0.25, -0.2) is 0 Å². The van der Waals surface area contributed by atoms with Gasteiger partial charge in [0.2, 0.25) is 0 Å². The molecule has 0 N–H and O–H groups in total. The predicted molar refractivity (Wildman–Crippen MR) is 66.3 cm³/mol. The first kappa shape index (κ1) is 12.7. The summed E-state index contributed by atoms with van der Waals surface area (Å²) in [4.78, 5) is 0. The van der Waals surface area contributed by atoms with Crippen molar-refractivity contribution in [2.45, 2.75) is 27.7 Å². The summed E-state index contributed by atoms with van der Waals surface area (Å²) in [5.74, 6) is 0. The minimum Gasteiger partial charge on any atom is -0.0961 e. The molecule has 0 aliphatic rings. The van der Waals surface area contributed by atoms with E-state index in [1.807, 2.05) is 33.8 Å². The molecule has 0 bridgehead atoms. The zero-order chi connectivity index (χ0) is 11.3. The molecular weight excluding hydrogens is 168 g/mol. The van der Waals surface area contributed by atoms with E-state index in [1.165, 1.54) is 0 Å². The van der Waals surface area contributed by atoms with Gasteiger partial charge in [0.1, 0.15) is 0 Å². The van der Waals surface area contributed by atoms with E-state index in [0.717, 1.165) is 27.9 Å². The molecule has 0 saturated carbocycles. The smallest absolute Gasteiger partial charge is 0.0159 e. The second-order valence-corrected chi connectivity index (χ2v) is 3.67. The molecule has 0 radical (unpaired) electrons. The van der Waals surface area contributed by atoms with Gasteiger partial charge in [0, 0.05) is 0 Å². The zero-order valence-corrected chi connectivity index (χ0v) is 9.78. The van der Waals surface area contributed by atoms with E-state index in [0.29, 0.717) is 0 Å². The summed E-state index contributed by atoms with van der Waals surface area (Å²) in [5, 5.41) is 0. The predicted octanol–water partition coefficient (Wildman–Crippen LogP) is 4.59. The average Bonchev–Trinajstić information content (AvgIpc) is 2.02. The Kier molecular flexibility index (Phi) is 4.93. The Bertz CT molecular complexity index is 322. The molecule has 14 heavy (non-hydrogen) atoms. The first-order valence-corrected chi connectivity index (χ1v) is 4.75. The molecule has 0 spiro atoms. The van der Waals surface area contributed by atoms with E-state index in [4.69, 9.17) is 0 Å². The van der Waals surface area contributed by atoms with Crippen LogP contribution in [0.5, 0.6) is 0 Å². The first-order chi connectivity index (χ1) is 6.40. The molecule has 0 saturated heterocycles. The summed E-state index contributed by atoms with van der Waals surface area (Å²) < 4.78 is 0. The fourth-order valence-corrected chi connectivity index (χ4v) is 1.31. The lowest BCUT2D eigenvalue weighted by molar-refractivity contribution is 1.29. The molecule has 0 atom stereocenters. The van der Waals surface area contributed by atoms with E-state index < -0.39 is 0 Å². The van der Waals surface area contributed by atoms with Crippen LogP contribution in [-0.2, 0) is 0 Å². The molecule has 0 fully saturated rings. The molecule has 0 heteroatoms. The highest BCUT2D eigenvalue weighted by Crippen LogP contribution is 2.24. The van der Waals surface area contributed by atoms with Crippen LogP contribution >= 0.6 is 0 Å². The fraction of sp³-hybridized carbons (Fsp3) is 0.286. The Morgan fingerprint density at radius 3 is 1.50 bits per heavy atom. The summed E-state index contributed by atoms with van der Waals surface area (Å²) in [6.45, 7) is 19.8. The Morgan fingerprint density at radius 2 is 1.29 bits per heavy atom. The van der Waals surface area contributed by atoms with E-state index >= 15 is 0 Å². The van der Waals surface area contributed by atoms with Gasteiger partial charge in [-0.15, -0.1) is 0 Å². The quantitative estimate of drug-likeness (QED) is 0.566. The Balaban J connectivity index is 5.32. The molecule has 0 rings (SSSR count). The van der Waals surface area contributed by atoms with Crippen molar-refractivity contribution in [2.75, 3.05) is 0 Å². The summed E-state index contributed by atoms with van der Waals surface area (Å²) in [6.07, 6.45) is 4.11. The largest absolute Gasteiger partial charge is 0.0961 e. The van der Waals surface area contributed by atoms with Gasteiger partial charge in [-0.2, -0.15) is 0 Å². The minimum atomic E-state index is 1.03. The van der Waals surface area contributed by atoms with Crippen molar-refractivity contribution in [2.24, 2.45) is 0 Å². The topological polar surface area (TPSA) is 0 Å². The van der Waals surface area contributed by atoms with Gasteiger partial charge in [0.25, 0.3) is 0 Å². The van der Waals surface area contributed by atoms with E-state index in [-0.39, 0.29) is 0 Å². The van der Waals surface area contributed by atoms with E-state index in [1.54, 1.807) is 0 Å². The van der Waals surface area contributed by atoms with Crippen molar-refractivity contribution < 1.29 is 0 Å². The first-order valence-electron chi connectivity index (χ1n) is 4.75. The van der Waals surface area contributed by atoms with Gasteiger partial charge >= 0.3 is 0 Å². The molecule has 76 valence electrons. The highest BCUT2D eigenvalue weighted by Gasteiger charge is 2.05.